The number of anilines is 1. The van der Waals surface area contributed by atoms with Crippen molar-refractivity contribution in [2.45, 2.75) is 52.7 Å². The van der Waals surface area contributed by atoms with Gasteiger partial charge in [-0.1, -0.05) is 55.0 Å². The quantitative estimate of drug-likeness (QED) is 0.527. The van der Waals surface area contributed by atoms with Crippen molar-refractivity contribution in [2.75, 3.05) is 24.9 Å². The molecule has 0 aromatic heterocycles. The van der Waals surface area contributed by atoms with Crippen LogP contribution in [0.5, 0.6) is 0 Å². The van der Waals surface area contributed by atoms with E-state index in [1.807, 2.05) is 45.0 Å². The maximum Gasteiger partial charge on any atom is 0.304 e. The van der Waals surface area contributed by atoms with Gasteiger partial charge in [0.15, 0.2) is 0 Å². The van der Waals surface area contributed by atoms with E-state index in [4.69, 9.17) is 0 Å². The molecule has 0 heterocycles. The second-order valence-electron chi connectivity index (χ2n) is 8.63. The van der Waals surface area contributed by atoms with E-state index in [0.29, 0.717) is 5.69 Å². The zero-order valence-corrected chi connectivity index (χ0v) is 21.7. The summed E-state index contributed by atoms with van der Waals surface area (Å²) < 4.78 is 28.3. The fraction of sp³-hybridized carbons (Fsp3) is 0.440. The highest BCUT2D eigenvalue weighted by molar-refractivity contribution is 7.90. The molecule has 34 heavy (non-hydrogen) atoms. The van der Waals surface area contributed by atoms with E-state index in [0.717, 1.165) is 26.2 Å². The molecule has 0 radical (unpaired) electrons. The van der Waals surface area contributed by atoms with E-state index in [1.165, 1.54) is 19.0 Å². The molecular weight excluding hydrogens is 452 g/mol. The molecule has 0 aliphatic rings. The zero-order valence-electron chi connectivity index (χ0n) is 20.9. The highest BCUT2D eigenvalue weighted by Gasteiger charge is 2.32. The molecule has 0 saturated carbocycles. The van der Waals surface area contributed by atoms with Crippen molar-refractivity contribution in [2.24, 2.45) is 0 Å². The number of nitrogens with zero attached hydrogens (tertiary/aromatic N) is 3. The number of carbonyl (C=O) groups excluding carboxylic acids is 2. The summed E-state index contributed by atoms with van der Waals surface area (Å²) in [5.74, 6) is -0.752. The molecule has 0 bridgehead atoms. The number of para-hydroxylation sites is 1. The third kappa shape index (κ3) is 7.04. The predicted molar refractivity (Wildman–Crippen MR) is 135 cm³/mol. The van der Waals surface area contributed by atoms with Gasteiger partial charge in [-0.15, -0.1) is 0 Å². The molecule has 0 spiro atoms. The number of hydrogen-bond acceptors (Lipinski definition) is 4. The van der Waals surface area contributed by atoms with Gasteiger partial charge in [0, 0.05) is 26.7 Å². The number of carbonyl (C=O) groups is 2. The third-order valence-corrected chi connectivity index (χ3v) is 7.52. The fourth-order valence-electron chi connectivity index (χ4n) is 3.25. The van der Waals surface area contributed by atoms with Crippen LogP contribution in [0.1, 0.15) is 38.3 Å². The number of aryl methyl sites for hydroxylation is 1. The SMILES string of the molecule is CCC(C)NC(=O)C(C)N(Cc1ccc(C)cc1)C(=O)CN(c1ccccc1)S(=O)(=O)N(C)C. The Bertz CT molecular complexity index is 1060. The molecule has 2 aromatic rings. The summed E-state index contributed by atoms with van der Waals surface area (Å²) in [5, 5.41) is 2.92. The van der Waals surface area contributed by atoms with Crippen LogP contribution in [0, 0.1) is 6.92 Å². The number of amides is 2. The van der Waals surface area contributed by atoms with Gasteiger partial charge in [-0.2, -0.15) is 12.7 Å². The molecule has 0 fully saturated rings. The van der Waals surface area contributed by atoms with Crippen molar-refractivity contribution in [3.63, 3.8) is 0 Å². The number of rotatable bonds is 11. The second kappa shape index (κ2) is 12.0. The second-order valence-corrected chi connectivity index (χ2v) is 10.7. The van der Waals surface area contributed by atoms with Gasteiger partial charge < -0.3 is 10.2 Å². The number of hydrogen-bond donors (Lipinski definition) is 1. The van der Waals surface area contributed by atoms with Gasteiger partial charge >= 0.3 is 10.2 Å². The van der Waals surface area contributed by atoms with Crippen molar-refractivity contribution in [1.29, 1.82) is 0 Å². The summed E-state index contributed by atoms with van der Waals surface area (Å²) in [5.41, 5.74) is 2.30. The summed E-state index contributed by atoms with van der Waals surface area (Å²) in [7, 11) is -1.11. The molecule has 0 aliphatic carbocycles. The Morgan fingerprint density at radius 2 is 1.56 bits per heavy atom. The van der Waals surface area contributed by atoms with Gasteiger partial charge in [-0.25, -0.2) is 4.31 Å². The van der Waals surface area contributed by atoms with E-state index in [-0.39, 0.29) is 18.5 Å². The van der Waals surface area contributed by atoms with Crippen LogP contribution >= 0.6 is 0 Å². The third-order valence-electron chi connectivity index (χ3n) is 5.70. The largest absolute Gasteiger partial charge is 0.352 e. The highest BCUT2D eigenvalue weighted by atomic mass is 32.2. The van der Waals surface area contributed by atoms with Crippen LogP contribution in [0.4, 0.5) is 5.69 Å². The Morgan fingerprint density at radius 3 is 2.09 bits per heavy atom. The van der Waals surface area contributed by atoms with Crippen molar-refractivity contribution in [3.8, 4) is 0 Å². The normalized spacial score (nSPS) is 13.3. The van der Waals surface area contributed by atoms with Crippen LogP contribution in [0.25, 0.3) is 0 Å². The van der Waals surface area contributed by atoms with Gasteiger partial charge in [-0.05, 0) is 44.9 Å². The lowest BCUT2D eigenvalue weighted by molar-refractivity contribution is -0.139. The van der Waals surface area contributed by atoms with Crippen molar-refractivity contribution in [3.05, 3.63) is 65.7 Å². The Hall–Kier alpha value is -2.91. The van der Waals surface area contributed by atoms with Crippen LogP contribution in [0.15, 0.2) is 54.6 Å². The molecular formula is C25H36N4O4S. The maximum absolute atomic E-state index is 13.6. The molecule has 9 heteroatoms. The van der Waals surface area contributed by atoms with Crippen molar-refractivity contribution >= 4 is 27.7 Å². The molecule has 2 atom stereocenters. The van der Waals surface area contributed by atoms with Crippen molar-refractivity contribution in [1.82, 2.24) is 14.5 Å². The van der Waals surface area contributed by atoms with Crippen molar-refractivity contribution < 1.29 is 18.0 Å². The van der Waals surface area contributed by atoms with Crippen LogP contribution < -0.4 is 9.62 Å². The molecule has 186 valence electrons. The monoisotopic (exact) mass is 488 g/mol. The van der Waals surface area contributed by atoms with Gasteiger partial charge in [-0.3, -0.25) is 9.59 Å². The lowest BCUT2D eigenvalue weighted by Gasteiger charge is -2.33. The molecule has 2 rings (SSSR count). The van der Waals surface area contributed by atoms with Gasteiger partial charge in [0.25, 0.3) is 0 Å². The number of nitrogens with one attached hydrogen (secondary N) is 1. The van der Waals surface area contributed by atoms with Gasteiger partial charge in [0.1, 0.15) is 12.6 Å². The topological polar surface area (TPSA) is 90.0 Å². The van der Waals surface area contributed by atoms with E-state index >= 15 is 0 Å². The maximum atomic E-state index is 13.6. The minimum absolute atomic E-state index is 0.0405. The van der Waals surface area contributed by atoms with Crippen LogP contribution in [-0.4, -0.2) is 62.2 Å². The van der Waals surface area contributed by atoms with E-state index in [2.05, 4.69) is 5.32 Å². The molecule has 0 aliphatic heterocycles. The van der Waals surface area contributed by atoms with E-state index < -0.39 is 28.7 Å². The Morgan fingerprint density at radius 1 is 0.971 bits per heavy atom. The summed E-state index contributed by atoms with van der Waals surface area (Å²) in [6, 6.07) is 15.3. The van der Waals surface area contributed by atoms with Crippen LogP contribution in [-0.2, 0) is 26.3 Å². The summed E-state index contributed by atoms with van der Waals surface area (Å²) in [6.45, 7) is 7.25. The Kier molecular flexibility index (Phi) is 9.64. The smallest absolute Gasteiger partial charge is 0.304 e. The minimum atomic E-state index is -3.95. The summed E-state index contributed by atoms with van der Waals surface area (Å²) in [4.78, 5) is 27.9. The molecule has 8 nitrogen and oxygen atoms in total. The Labute approximate surface area is 203 Å². The Balaban J connectivity index is 2.41. The fourth-order valence-corrected chi connectivity index (χ4v) is 4.31. The molecule has 0 saturated heterocycles. The van der Waals surface area contributed by atoms with Gasteiger partial charge in [0.05, 0.1) is 5.69 Å². The van der Waals surface area contributed by atoms with Crippen LogP contribution in [0.2, 0.25) is 0 Å². The standard InChI is InChI=1S/C25H36N4O4S/c1-7-20(3)26-25(31)21(4)28(17-22-15-13-19(2)14-16-22)24(30)18-29(34(32,33)27(5)6)23-11-9-8-10-12-23/h8-16,20-21H,7,17-18H2,1-6H3,(H,26,31). The van der Waals surface area contributed by atoms with E-state index in [1.54, 1.807) is 37.3 Å². The average molecular weight is 489 g/mol. The molecule has 2 amide bonds. The lowest BCUT2D eigenvalue weighted by atomic mass is 10.1. The zero-order chi connectivity index (χ0) is 25.5. The molecule has 2 unspecified atom stereocenters. The van der Waals surface area contributed by atoms with E-state index in [9.17, 15) is 18.0 Å². The predicted octanol–water partition coefficient (Wildman–Crippen LogP) is 2.94. The highest BCUT2D eigenvalue weighted by Crippen LogP contribution is 2.20. The summed E-state index contributed by atoms with van der Waals surface area (Å²) >= 11 is 0. The number of benzene rings is 2. The first-order valence-electron chi connectivity index (χ1n) is 11.4. The lowest BCUT2D eigenvalue weighted by Crippen LogP contribution is -2.53. The minimum Gasteiger partial charge on any atom is -0.352 e. The first-order valence-corrected chi connectivity index (χ1v) is 12.8. The average Bonchev–Trinajstić information content (AvgIpc) is 2.81. The first kappa shape index (κ1) is 27.3. The first-order chi connectivity index (χ1) is 16.0. The molecule has 1 N–H and O–H groups in total. The van der Waals surface area contributed by atoms with Gasteiger partial charge in [0.2, 0.25) is 11.8 Å². The summed E-state index contributed by atoms with van der Waals surface area (Å²) in [6.07, 6.45) is 0.757. The van der Waals surface area contributed by atoms with Crippen LogP contribution in [0.3, 0.4) is 0 Å². The molecule has 2 aromatic carbocycles.